The lowest BCUT2D eigenvalue weighted by Crippen LogP contribution is -2.43. The molecule has 20 heavy (non-hydrogen) atoms. The van der Waals surface area contributed by atoms with Gasteiger partial charge in [0.15, 0.2) is 0 Å². The summed E-state index contributed by atoms with van der Waals surface area (Å²) < 4.78 is 28.4. The molecule has 2 unspecified atom stereocenters. The fourth-order valence-corrected chi connectivity index (χ4v) is 2.92. The third-order valence-corrected chi connectivity index (χ3v) is 4.51. The van der Waals surface area contributed by atoms with Crippen LogP contribution in [-0.2, 0) is 14.8 Å². The van der Waals surface area contributed by atoms with Crippen LogP contribution in [0, 0.1) is 0 Å². The van der Waals surface area contributed by atoms with E-state index < -0.39 is 15.6 Å². The van der Waals surface area contributed by atoms with E-state index in [9.17, 15) is 13.5 Å². The number of hydrogen-bond donors (Lipinski definition) is 4. The van der Waals surface area contributed by atoms with Gasteiger partial charge in [-0.15, -0.1) is 0 Å². The van der Waals surface area contributed by atoms with Crippen molar-refractivity contribution in [3.8, 4) is 0 Å². The van der Waals surface area contributed by atoms with E-state index in [1.807, 2.05) is 0 Å². The van der Waals surface area contributed by atoms with Crippen molar-refractivity contribution < 1.29 is 18.3 Å². The number of nitrogens with one attached hydrogen (secondary N) is 1. The maximum Gasteiger partial charge on any atom is 0.240 e. The molecule has 1 aliphatic heterocycles. The van der Waals surface area contributed by atoms with E-state index in [4.69, 9.17) is 15.6 Å². The second kappa shape index (κ2) is 5.21. The predicted octanol–water partition coefficient (Wildman–Crippen LogP) is -0.132. The van der Waals surface area contributed by atoms with Crippen molar-refractivity contribution in [2.24, 2.45) is 5.14 Å². The van der Waals surface area contributed by atoms with E-state index in [2.05, 4.69) is 5.32 Å². The molecular weight excluding hydrogens is 282 g/mol. The van der Waals surface area contributed by atoms with Gasteiger partial charge in [0, 0.05) is 25.3 Å². The lowest BCUT2D eigenvalue weighted by Gasteiger charge is -2.27. The van der Waals surface area contributed by atoms with Crippen molar-refractivity contribution in [2.75, 3.05) is 24.2 Å². The zero-order chi connectivity index (χ0) is 15.0. The Kier molecular flexibility index (Phi) is 3.92. The van der Waals surface area contributed by atoms with Crippen molar-refractivity contribution in [1.82, 2.24) is 0 Å². The Bertz CT molecular complexity index is 605. The molecule has 0 saturated carbocycles. The zero-order valence-electron chi connectivity index (χ0n) is 11.2. The molecule has 1 aliphatic rings. The highest BCUT2D eigenvalue weighted by Gasteiger charge is 2.39. The van der Waals surface area contributed by atoms with Gasteiger partial charge in [0.05, 0.1) is 11.8 Å². The van der Waals surface area contributed by atoms with Crippen LogP contribution in [0.1, 0.15) is 13.3 Å². The van der Waals surface area contributed by atoms with Crippen LogP contribution >= 0.6 is 0 Å². The number of primary sulfonamides is 1. The number of nitrogens with two attached hydrogens (primary N) is 2. The standard InChI is InChI=1S/C12H19N3O4S/c1-8-12(16,4-5-19-8)7-15-10-3-2-9(13)6-11(10)20(14,17)18/h2-3,6,8,15-16H,4-5,7,13H2,1H3,(H2,14,17,18). The summed E-state index contributed by atoms with van der Waals surface area (Å²) in [5, 5.41) is 18.5. The molecule has 0 spiro atoms. The molecule has 1 aromatic carbocycles. The number of benzene rings is 1. The van der Waals surface area contributed by atoms with E-state index in [1.165, 1.54) is 12.1 Å². The average Bonchev–Trinajstić information content (AvgIpc) is 2.67. The third-order valence-electron chi connectivity index (χ3n) is 3.56. The van der Waals surface area contributed by atoms with Crippen LogP contribution in [0.3, 0.4) is 0 Å². The molecule has 8 heteroatoms. The molecule has 2 atom stereocenters. The first kappa shape index (κ1) is 15.0. The maximum atomic E-state index is 11.5. The monoisotopic (exact) mass is 301 g/mol. The van der Waals surface area contributed by atoms with Crippen molar-refractivity contribution in [3.05, 3.63) is 18.2 Å². The molecule has 0 radical (unpaired) electrons. The molecule has 1 saturated heterocycles. The Morgan fingerprint density at radius 3 is 2.80 bits per heavy atom. The quantitative estimate of drug-likeness (QED) is 0.573. The summed E-state index contributed by atoms with van der Waals surface area (Å²) in [6.07, 6.45) is 0.169. The highest BCUT2D eigenvalue weighted by molar-refractivity contribution is 7.89. The topological polar surface area (TPSA) is 128 Å². The van der Waals surface area contributed by atoms with Gasteiger partial charge in [0.2, 0.25) is 10.0 Å². The van der Waals surface area contributed by atoms with Gasteiger partial charge in [-0.1, -0.05) is 0 Å². The molecule has 2 rings (SSSR count). The second-order valence-electron chi connectivity index (χ2n) is 5.02. The third kappa shape index (κ3) is 3.04. The Hall–Kier alpha value is -1.35. The first-order valence-electron chi connectivity index (χ1n) is 6.22. The number of ether oxygens (including phenoxy) is 1. The number of anilines is 2. The van der Waals surface area contributed by atoms with Gasteiger partial charge in [-0.3, -0.25) is 0 Å². The highest BCUT2D eigenvalue weighted by atomic mass is 32.2. The summed E-state index contributed by atoms with van der Waals surface area (Å²) in [6.45, 7) is 2.42. The minimum absolute atomic E-state index is 0.0901. The number of aliphatic hydroxyl groups is 1. The summed E-state index contributed by atoms with van der Waals surface area (Å²) in [7, 11) is -3.89. The number of rotatable bonds is 4. The SMILES string of the molecule is CC1OCCC1(O)CNc1ccc(N)cc1S(N)(=O)=O. The molecule has 0 aromatic heterocycles. The fraction of sp³-hybridized carbons (Fsp3) is 0.500. The first-order valence-corrected chi connectivity index (χ1v) is 7.77. The predicted molar refractivity (Wildman–Crippen MR) is 75.7 cm³/mol. The van der Waals surface area contributed by atoms with Gasteiger partial charge in [0.25, 0.3) is 0 Å². The molecule has 112 valence electrons. The first-order chi connectivity index (χ1) is 9.22. The van der Waals surface area contributed by atoms with Crippen molar-refractivity contribution in [1.29, 1.82) is 0 Å². The summed E-state index contributed by atoms with van der Waals surface area (Å²) in [4.78, 5) is -0.0901. The van der Waals surface area contributed by atoms with Crippen LogP contribution in [0.25, 0.3) is 0 Å². The van der Waals surface area contributed by atoms with E-state index in [-0.39, 0.29) is 17.5 Å². The van der Waals surface area contributed by atoms with Gasteiger partial charge in [-0.25, -0.2) is 13.6 Å². The van der Waals surface area contributed by atoms with Crippen molar-refractivity contribution >= 4 is 21.4 Å². The maximum absolute atomic E-state index is 11.5. The molecular formula is C12H19N3O4S. The van der Waals surface area contributed by atoms with Gasteiger partial charge in [0.1, 0.15) is 10.5 Å². The normalized spacial score (nSPS) is 26.6. The van der Waals surface area contributed by atoms with Crippen LogP contribution in [0.15, 0.2) is 23.1 Å². The minimum Gasteiger partial charge on any atom is -0.399 e. The molecule has 7 nitrogen and oxygen atoms in total. The van der Waals surface area contributed by atoms with Crippen molar-refractivity contribution in [2.45, 2.75) is 29.9 Å². The zero-order valence-corrected chi connectivity index (χ0v) is 12.0. The van der Waals surface area contributed by atoms with Crippen LogP contribution in [0.5, 0.6) is 0 Å². The smallest absolute Gasteiger partial charge is 0.240 e. The molecule has 0 bridgehead atoms. The molecule has 1 heterocycles. The Labute approximate surface area is 118 Å². The number of hydrogen-bond acceptors (Lipinski definition) is 6. The molecule has 1 aromatic rings. The fourth-order valence-electron chi connectivity index (χ4n) is 2.17. The second-order valence-corrected chi connectivity index (χ2v) is 6.55. The average molecular weight is 301 g/mol. The largest absolute Gasteiger partial charge is 0.399 e. The summed E-state index contributed by atoms with van der Waals surface area (Å²) in [5.74, 6) is 0. The van der Waals surface area contributed by atoms with Crippen LogP contribution in [-0.4, -0.2) is 38.4 Å². The van der Waals surface area contributed by atoms with Gasteiger partial charge in [-0.2, -0.15) is 0 Å². The molecule has 6 N–H and O–H groups in total. The van der Waals surface area contributed by atoms with Crippen LogP contribution in [0.2, 0.25) is 0 Å². The summed E-state index contributed by atoms with van der Waals surface area (Å²) in [5.41, 5.74) is 5.16. The van der Waals surface area contributed by atoms with E-state index in [1.54, 1.807) is 13.0 Å². The minimum atomic E-state index is -3.89. The highest BCUT2D eigenvalue weighted by Crippen LogP contribution is 2.28. The lowest BCUT2D eigenvalue weighted by atomic mass is 9.96. The van der Waals surface area contributed by atoms with E-state index >= 15 is 0 Å². The summed E-state index contributed by atoms with van der Waals surface area (Å²) in [6, 6.07) is 4.38. The van der Waals surface area contributed by atoms with Gasteiger partial charge >= 0.3 is 0 Å². The van der Waals surface area contributed by atoms with Gasteiger partial charge < -0.3 is 20.9 Å². The van der Waals surface area contributed by atoms with Crippen LogP contribution in [0.4, 0.5) is 11.4 Å². The Morgan fingerprint density at radius 1 is 1.55 bits per heavy atom. The Morgan fingerprint density at radius 2 is 2.25 bits per heavy atom. The number of sulfonamides is 1. The summed E-state index contributed by atoms with van der Waals surface area (Å²) >= 11 is 0. The molecule has 0 amide bonds. The van der Waals surface area contributed by atoms with Crippen molar-refractivity contribution in [3.63, 3.8) is 0 Å². The lowest BCUT2D eigenvalue weighted by molar-refractivity contribution is -0.0176. The molecule has 1 fully saturated rings. The van der Waals surface area contributed by atoms with Gasteiger partial charge in [-0.05, 0) is 25.1 Å². The van der Waals surface area contributed by atoms with E-state index in [0.717, 1.165) is 0 Å². The molecule has 0 aliphatic carbocycles. The number of nitrogen functional groups attached to an aromatic ring is 1. The van der Waals surface area contributed by atoms with Crippen LogP contribution < -0.4 is 16.2 Å². The van der Waals surface area contributed by atoms with E-state index in [0.29, 0.717) is 24.4 Å². The Balaban J connectivity index is 2.22.